The molecular weight excluding hydrogens is 381 g/mol. The number of imide groups is 1. The Balaban J connectivity index is 1.77. The molecule has 3 amide bonds. The van der Waals surface area contributed by atoms with Gasteiger partial charge in [-0.25, -0.2) is 14.7 Å². The molecule has 1 fully saturated rings. The van der Waals surface area contributed by atoms with E-state index < -0.39 is 23.8 Å². The van der Waals surface area contributed by atoms with Crippen LogP contribution in [0.2, 0.25) is 0 Å². The van der Waals surface area contributed by atoms with E-state index in [1.165, 1.54) is 24.3 Å². The Bertz CT molecular complexity index is 1000. The molecule has 138 valence electrons. The summed E-state index contributed by atoms with van der Waals surface area (Å²) >= 11 is 0.955. The Labute approximate surface area is 154 Å². The lowest BCUT2D eigenvalue weighted by molar-refractivity contribution is -0.185. The van der Waals surface area contributed by atoms with Gasteiger partial charge >= 0.3 is 12.2 Å². The molecule has 27 heavy (non-hydrogen) atoms. The van der Waals surface area contributed by atoms with E-state index in [4.69, 9.17) is 0 Å². The van der Waals surface area contributed by atoms with E-state index in [-0.39, 0.29) is 10.8 Å². The van der Waals surface area contributed by atoms with Gasteiger partial charge in [0.2, 0.25) is 0 Å². The largest absolute Gasteiger partial charge is 0.440 e. The molecule has 10 heteroatoms. The number of alkyl halides is 3. The van der Waals surface area contributed by atoms with Crippen molar-refractivity contribution in [1.29, 1.82) is 0 Å². The number of amides is 3. The molecule has 4 rings (SSSR count). The summed E-state index contributed by atoms with van der Waals surface area (Å²) < 4.78 is 42.4. The second kappa shape index (κ2) is 5.95. The Morgan fingerprint density at radius 2 is 1.70 bits per heavy atom. The number of para-hydroxylation sites is 2. The molecule has 1 aromatic heterocycles. The number of aromatic nitrogens is 1. The summed E-state index contributed by atoms with van der Waals surface area (Å²) in [6.07, 6.45) is -5.10. The van der Waals surface area contributed by atoms with Crippen molar-refractivity contribution in [2.45, 2.75) is 11.8 Å². The molecule has 0 radical (unpaired) electrons. The first-order valence-corrected chi connectivity index (χ1v) is 8.56. The molecule has 0 saturated carbocycles. The zero-order valence-electron chi connectivity index (χ0n) is 13.4. The van der Waals surface area contributed by atoms with Gasteiger partial charge in [0.1, 0.15) is 0 Å². The number of anilines is 2. The molecule has 3 aromatic rings. The second-order valence-corrected chi connectivity index (χ2v) is 6.80. The average Bonchev–Trinajstić information content (AvgIpc) is 3.14. The molecule has 2 heterocycles. The molecule has 6 nitrogen and oxygen atoms in total. The third-order valence-corrected chi connectivity index (χ3v) is 5.00. The minimum absolute atomic E-state index is 0.0391. The maximum atomic E-state index is 13.9. The van der Waals surface area contributed by atoms with E-state index in [9.17, 15) is 22.8 Å². The van der Waals surface area contributed by atoms with Crippen molar-refractivity contribution in [1.82, 2.24) is 10.3 Å². The van der Waals surface area contributed by atoms with Crippen molar-refractivity contribution < 1.29 is 22.8 Å². The molecule has 1 aliphatic heterocycles. The van der Waals surface area contributed by atoms with Crippen LogP contribution in [-0.4, -0.2) is 28.8 Å². The van der Waals surface area contributed by atoms with Crippen LogP contribution in [0.3, 0.4) is 0 Å². The number of nitrogens with zero attached hydrogens (tertiary/aromatic N) is 2. The number of fused-ring (bicyclic) bond motifs is 1. The minimum atomic E-state index is -5.10. The third kappa shape index (κ3) is 2.69. The van der Waals surface area contributed by atoms with Crippen LogP contribution < -0.4 is 15.5 Å². The molecule has 2 aromatic carbocycles. The van der Waals surface area contributed by atoms with Crippen molar-refractivity contribution in [3.8, 4) is 0 Å². The van der Waals surface area contributed by atoms with Gasteiger partial charge in [-0.15, -0.1) is 0 Å². The number of rotatable bonds is 3. The average molecular weight is 392 g/mol. The zero-order valence-corrected chi connectivity index (χ0v) is 14.3. The first kappa shape index (κ1) is 17.3. The van der Waals surface area contributed by atoms with Gasteiger partial charge in [0, 0.05) is 0 Å². The number of hydrogen-bond acceptors (Lipinski definition) is 5. The van der Waals surface area contributed by atoms with E-state index in [0.717, 1.165) is 11.3 Å². The highest BCUT2D eigenvalue weighted by atomic mass is 32.1. The number of nitrogens with one attached hydrogen (secondary N) is 2. The van der Waals surface area contributed by atoms with E-state index in [1.54, 1.807) is 35.6 Å². The highest BCUT2D eigenvalue weighted by molar-refractivity contribution is 7.22. The number of thiazole rings is 1. The minimum Gasteiger partial charge on any atom is -0.323 e. The Morgan fingerprint density at radius 1 is 1.04 bits per heavy atom. The van der Waals surface area contributed by atoms with Gasteiger partial charge in [-0.1, -0.05) is 41.7 Å². The molecule has 0 aliphatic carbocycles. The molecule has 2 N–H and O–H groups in total. The highest BCUT2D eigenvalue weighted by Gasteiger charge is 2.68. The molecular formula is C17H11F3N4O2S. The maximum absolute atomic E-state index is 13.9. The molecule has 1 aliphatic rings. The SMILES string of the molecule is O=C1N[C@](Nc2nc3ccccc3s2)(C(F)(F)F)C(=O)N1c1ccccc1. The second-order valence-electron chi connectivity index (χ2n) is 5.77. The van der Waals surface area contributed by atoms with Gasteiger partial charge in [0.15, 0.2) is 5.13 Å². The Kier molecular flexibility index (Phi) is 3.81. The normalized spacial score (nSPS) is 20.2. The predicted molar refractivity (Wildman–Crippen MR) is 94.5 cm³/mol. The van der Waals surface area contributed by atoms with Gasteiger partial charge in [0.05, 0.1) is 15.9 Å². The highest BCUT2D eigenvalue weighted by Crippen LogP contribution is 2.39. The summed E-state index contributed by atoms with van der Waals surface area (Å²) in [4.78, 5) is 29.5. The summed E-state index contributed by atoms with van der Waals surface area (Å²) in [7, 11) is 0. The van der Waals surface area contributed by atoms with Gasteiger partial charge in [-0.05, 0) is 24.3 Å². The van der Waals surface area contributed by atoms with Crippen LogP contribution in [-0.2, 0) is 4.79 Å². The van der Waals surface area contributed by atoms with E-state index in [2.05, 4.69) is 10.3 Å². The summed E-state index contributed by atoms with van der Waals surface area (Å²) in [6, 6.07) is 13.0. The smallest absolute Gasteiger partial charge is 0.323 e. The lowest BCUT2D eigenvalue weighted by Crippen LogP contribution is -2.64. The quantitative estimate of drug-likeness (QED) is 0.667. The van der Waals surface area contributed by atoms with Gasteiger partial charge < -0.3 is 5.32 Å². The number of carbonyl (C=O) groups is 2. The summed E-state index contributed by atoms with van der Waals surface area (Å²) in [6.45, 7) is 0. The van der Waals surface area contributed by atoms with Crippen molar-refractivity contribution >= 4 is 44.3 Å². The Hall–Kier alpha value is -3.14. The van der Waals surface area contributed by atoms with Crippen LogP contribution in [0.1, 0.15) is 0 Å². The fourth-order valence-corrected chi connectivity index (χ4v) is 3.70. The van der Waals surface area contributed by atoms with Crippen molar-refractivity contribution in [3.05, 3.63) is 54.6 Å². The molecule has 0 bridgehead atoms. The number of halogens is 3. The maximum Gasteiger partial charge on any atom is 0.440 e. The van der Waals surface area contributed by atoms with Crippen molar-refractivity contribution in [2.24, 2.45) is 0 Å². The first-order chi connectivity index (χ1) is 12.8. The van der Waals surface area contributed by atoms with Crippen molar-refractivity contribution in [2.75, 3.05) is 10.2 Å². The standard InChI is InChI=1S/C17H11F3N4O2S/c18-17(19,20)16(22-14-21-11-8-4-5-9-12(11)27-14)13(25)24(15(26)23-16)10-6-2-1-3-7-10/h1-9H,(H,21,22)(H,23,26)/t16-/m0/s1. The van der Waals surface area contributed by atoms with Crippen LogP contribution >= 0.6 is 11.3 Å². The topological polar surface area (TPSA) is 74.3 Å². The van der Waals surface area contributed by atoms with Gasteiger partial charge in [-0.2, -0.15) is 13.2 Å². The van der Waals surface area contributed by atoms with Crippen LogP contribution in [0.25, 0.3) is 10.2 Å². The Morgan fingerprint density at radius 3 is 2.37 bits per heavy atom. The molecule has 1 atom stereocenters. The van der Waals surface area contributed by atoms with E-state index in [0.29, 0.717) is 15.1 Å². The molecule has 0 spiro atoms. The third-order valence-electron chi connectivity index (χ3n) is 4.05. The number of hydrogen-bond donors (Lipinski definition) is 2. The number of benzene rings is 2. The van der Waals surface area contributed by atoms with E-state index in [1.807, 2.05) is 0 Å². The summed E-state index contributed by atoms with van der Waals surface area (Å²) in [5.41, 5.74) is -2.77. The van der Waals surface area contributed by atoms with Crippen LogP contribution in [0.5, 0.6) is 0 Å². The summed E-state index contributed by atoms with van der Waals surface area (Å²) in [5, 5.41) is 3.76. The van der Waals surface area contributed by atoms with Gasteiger partial charge in [0.25, 0.3) is 11.6 Å². The molecule has 0 unspecified atom stereocenters. The van der Waals surface area contributed by atoms with Gasteiger partial charge in [-0.3, -0.25) is 10.1 Å². The van der Waals surface area contributed by atoms with Crippen LogP contribution in [0, 0.1) is 0 Å². The lowest BCUT2D eigenvalue weighted by Gasteiger charge is -2.29. The van der Waals surface area contributed by atoms with Crippen LogP contribution in [0.15, 0.2) is 54.6 Å². The monoisotopic (exact) mass is 392 g/mol. The fourth-order valence-electron chi connectivity index (χ4n) is 2.78. The zero-order chi connectivity index (χ0) is 19.2. The first-order valence-electron chi connectivity index (χ1n) is 7.74. The van der Waals surface area contributed by atoms with Crippen molar-refractivity contribution in [3.63, 3.8) is 0 Å². The number of carbonyl (C=O) groups excluding carboxylic acids is 2. The predicted octanol–water partition coefficient (Wildman–Crippen LogP) is 3.72. The lowest BCUT2D eigenvalue weighted by atomic mass is 10.1. The number of urea groups is 1. The fraction of sp³-hybridized carbons (Fsp3) is 0.118. The van der Waals surface area contributed by atoms with Crippen LogP contribution in [0.4, 0.5) is 28.8 Å². The van der Waals surface area contributed by atoms with E-state index >= 15 is 0 Å². The summed E-state index contributed by atoms with van der Waals surface area (Å²) in [5.74, 6) is -1.47. The molecule has 1 saturated heterocycles.